The van der Waals surface area contributed by atoms with Crippen molar-refractivity contribution in [3.8, 4) is 89.0 Å². The maximum absolute atomic E-state index is 6.61. The summed E-state index contributed by atoms with van der Waals surface area (Å²) in [4.78, 5) is 0. The van der Waals surface area contributed by atoms with E-state index in [4.69, 9.17) is 13.3 Å². The van der Waals surface area contributed by atoms with E-state index < -0.39 is 0 Å². The first kappa shape index (κ1) is 71.0. The second-order valence-corrected chi connectivity index (χ2v) is 32.1. The van der Waals surface area contributed by atoms with Gasteiger partial charge in [-0.05, 0) is 212 Å². The molecule has 123 heavy (non-hydrogen) atoms. The number of fused-ring (bicyclic) bond motifs is 21. The van der Waals surface area contributed by atoms with Crippen LogP contribution >= 0.6 is 0 Å². The van der Waals surface area contributed by atoms with Gasteiger partial charge < -0.3 is 13.3 Å². The minimum Gasteiger partial charge on any atom is -0.455 e. The van der Waals surface area contributed by atoms with Crippen LogP contribution in [0, 0.1) is 0 Å². The van der Waals surface area contributed by atoms with Crippen LogP contribution in [0.4, 0.5) is 0 Å². The lowest BCUT2D eigenvalue weighted by Gasteiger charge is -2.20. The summed E-state index contributed by atoms with van der Waals surface area (Å²) in [6, 6.07) is 161. The molecule has 0 saturated carbocycles. The molecule has 23 aromatic carbocycles. The first-order valence-corrected chi connectivity index (χ1v) is 42.3. The Kier molecular flexibility index (Phi) is 17.0. The van der Waals surface area contributed by atoms with Crippen molar-refractivity contribution in [3.63, 3.8) is 0 Å². The van der Waals surface area contributed by atoms with Crippen molar-refractivity contribution in [1.29, 1.82) is 0 Å². The average Bonchev–Trinajstić information content (AvgIpc) is 1.69. The van der Waals surface area contributed by atoms with Gasteiger partial charge >= 0.3 is 0 Å². The Bertz CT molecular complexity index is 8580. The van der Waals surface area contributed by atoms with E-state index in [2.05, 4.69) is 443 Å². The fourth-order valence-corrected chi connectivity index (χ4v) is 20.1. The molecule has 0 atom stereocenters. The summed E-state index contributed by atoms with van der Waals surface area (Å²) in [5.41, 5.74) is 25.4. The van der Waals surface area contributed by atoms with Gasteiger partial charge in [-0.1, -0.05) is 406 Å². The topological polar surface area (TPSA) is 39.4 Å². The third-order valence-electron chi connectivity index (χ3n) is 25.3. The Hall–Kier alpha value is -16.2. The molecule has 0 aliphatic rings. The SMILES string of the molecule is c1ccc(-c2c3ccccc3c(-c3cc4ccccc4c4oc5ccccc5c34)c3ccccc23)cc1.c1ccc(-c2cccc(-c3c4ccccc4c(-c4cc5ccccc5c5oc6ccccc6c45)c4ccccc34)c2)cc1.c1ccc(-c2ccccc2-c2c3ccccc3c(-c3cc4ccccc4c4oc5ccccc5c34)c3ccccc23)cc1. The Morgan fingerprint density at radius 2 is 0.350 bits per heavy atom. The second-order valence-electron chi connectivity index (χ2n) is 32.1. The Morgan fingerprint density at radius 3 is 0.691 bits per heavy atom. The number of benzene rings is 23. The number of hydrogen-bond donors (Lipinski definition) is 0. The molecule has 0 amide bonds. The molecule has 0 bridgehead atoms. The van der Waals surface area contributed by atoms with Crippen molar-refractivity contribution in [2.24, 2.45) is 0 Å². The largest absolute Gasteiger partial charge is 0.455 e. The number of hydrogen-bond acceptors (Lipinski definition) is 3. The maximum atomic E-state index is 6.61. The first-order valence-electron chi connectivity index (χ1n) is 42.3. The van der Waals surface area contributed by atoms with Gasteiger partial charge in [-0.3, -0.25) is 0 Å². The van der Waals surface area contributed by atoms with E-state index in [0.717, 1.165) is 65.8 Å². The minimum absolute atomic E-state index is 0.914. The molecule has 26 aromatic rings. The molecule has 26 rings (SSSR count). The summed E-state index contributed by atoms with van der Waals surface area (Å²) in [7, 11) is 0. The molecule has 0 aliphatic carbocycles. The van der Waals surface area contributed by atoms with Gasteiger partial charge in [-0.25, -0.2) is 0 Å². The van der Waals surface area contributed by atoms with E-state index in [0.29, 0.717) is 0 Å². The molecule has 0 radical (unpaired) electrons. The molecule has 572 valence electrons. The van der Waals surface area contributed by atoms with Crippen LogP contribution in [0.1, 0.15) is 0 Å². The highest BCUT2D eigenvalue weighted by Gasteiger charge is 2.28. The summed E-state index contributed by atoms with van der Waals surface area (Å²) in [6.07, 6.45) is 0. The van der Waals surface area contributed by atoms with Gasteiger partial charge in [0.1, 0.15) is 33.5 Å². The van der Waals surface area contributed by atoms with Gasteiger partial charge in [0.05, 0.1) is 0 Å². The van der Waals surface area contributed by atoms with Gasteiger partial charge in [0, 0.05) is 48.5 Å². The van der Waals surface area contributed by atoms with Crippen LogP contribution in [0.5, 0.6) is 0 Å². The fourth-order valence-electron chi connectivity index (χ4n) is 20.1. The van der Waals surface area contributed by atoms with Crippen molar-refractivity contribution in [2.75, 3.05) is 0 Å². The third-order valence-corrected chi connectivity index (χ3v) is 25.3. The van der Waals surface area contributed by atoms with Crippen molar-refractivity contribution in [2.45, 2.75) is 0 Å². The van der Waals surface area contributed by atoms with E-state index in [-0.39, 0.29) is 0 Å². The van der Waals surface area contributed by atoms with Crippen LogP contribution in [-0.4, -0.2) is 0 Å². The lowest BCUT2D eigenvalue weighted by Crippen LogP contribution is -1.93. The second kappa shape index (κ2) is 29.4. The molecular formula is C120H74O3. The van der Waals surface area contributed by atoms with Crippen LogP contribution < -0.4 is 0 Å². The predicted molar refractivity (Wildman–Crippen MR) is 522 cm³/mol. The standard InChI is InChI=1S/2C42H26O.C36H22O/c1-2-13-27(14-3-1)28-16-12-17-30(25-28)39-32-19-6-8-21-34(32)40(35-22-9-7-20-33(35)39)37-26-29-15-4-5-18-31(29)42-41(37)36-23-10-11-24-38(36)43-42;1-2-14-27(15-3-1)29-17-6-7-19-31(29)39-32-20-8-10-22-34(32)40(35-23-11-9-21-33(35)39)37-26-28-16-4-5-18-30(28)42-41(37)36-24-12-13-25-38(36)43-42;1-2-12-23(13-3-1)33-26-16-6-8-18-28(26)34(29-19-9-7-17-27(29)33)31-22-24-14-4-5-15-25(24)36-35(31)30-20-10-11-21-32(30)37-36/h2*1-26H;1-22H. The summed E-state index contributed by atoms with van der Waals surface area (Å²) in [5, 5.41) is 28.9. The van der Waals surface area contributed by atoms with Gasteiger partial charge in [0.15, 0.2) is 0 Å². The highest BCUT2D eigenvalue weighted by molar-refractivity contribution is 6.33. The van der Waals surface area contributed by atoms with Gasteiger partial charge in [0.25, 0.3) is 0 Å². The van der Waals surface area contributed by atoms with E-state index in [9.17, 15) is 0 Å². The summed E-state index contributed by atoms with van der Waals surface area (Å²) < 4.78 is 19.8. The van der Waals surface area contributed by atoms with Crippen LogP contribution in [0.2, 0.25) is 0 Å². The van der Waals surface area contributed by atoms with Crippen LogP contribution in [0.25, 0.3) is 252 Å². The van der Waals surface area contributed by atoms with Crippen molar-refractivity contribution < 1.29 is 13.3 Å². The molecular weight excluding hydrogens is 1490 g/mol. The number of furan rings is 3. The van der Waals surface area contributed by atoms with Crippen LogP contribution in [0.3, 0.4) is 0 Å². The average molecular weight is 1560 g/mol. The zero-order valence-electron chi connectivity index (χ0n) is 66.9. The molecule has 0 N–H and O–H groups in total. The van der Waals surface area contributed by atoms with Crippen molar-refractivity contribution in [1.82, 2.24) is 0 Å². The molecule has 0 unspecified atom stereocenters. The molecule has 0 spiro atoms. The van der Waals surface area contributed by atoms with E-state index in [1.54, 1.807) is 0 Å². The highest BCUT2D eigenvalue weighted by Crippen LogP contribution is 2.54. The number of rotatable bonds is 8. The molecule has 0 fully saturated rings. The molecule has 0 aliphatic heterocycles. The monoisotopic (exact) mass is 1560 g/mol. The highest BCUT2D eigenvalue weighted by atomic mass is 16.3. The van der Waals surface area contributed by atoms with Crippen molar-refractivity contribution >= 4 is 163 Å². The Labute approximate surface area is 709 Å². The van der Waals surface area contributed by atoms with Gasteiger partial charge in [0.2, 0.25) is 0 Å². The minimum atomic E-state index is 0.914. The molecule has 3 nitrogen and oxygen atoms in total. The fraction of sp³-hybridized carbons (Fsp3) is 0. The third kappa shape index (κ3) is 11.7. The summed E-state index contributed by atoms with van der Waals surface area (Å²) in [6.45, 7) is 0. The van der Waals surface area contributed by atoms with Crippen molar-refractivity contribution in [3.05, 3.63) is 449 Å². The maximum Gasteiger partial charge on any atom is 0.143 e. The predicted octanol–water partition coefficient (Wildman–Crippen LogP) is 34.5. The Morgan fingerprint density at radius 1 is 0.122 bits per heavy atom. The zero-order valence-corrected chi connectivity index (χ0v) is 66.9. The molecule has 0 saturated heterocycles. The van der Waals surface area contributed by atoms with E-state index in [1.807, 2.05) is 6.07 Å². The molecule has 3 aromatic heterocycles. The molecule has 3 heteroatoms. The van der Waals surface area contributed by atoms with Gasteiger partial charge in [-0.15, -0.1) is 0 Å². The summed E-state index contributed by atoms with van der Waals surface area (Å²) >= 11 is 0. The lowest BCUT2D eigenvalue weighted by molar-refractivity contribution is 0.672. The zero-order chi connectivity index (χ0) is 81.0. The van der Waals surface area contributed by atoms with Gasteiger partial charge in [-0.2, -0.15) is 0 Å². The smallest absolute Gasteiger partial charge is 0.143 e. The number of para-hydroxylation sites is 3. The van der Waals surface area contributed by atoms with Crippen LogP contribution in [0.15, 0.2) is 462 Å². The molecule has 3 heterocycles. The summed E-state index contributed by atoms with van der Waals surface area (Å²) in [5.74, 6) is 0. The first-order chi connectivity index (χ1) is 61.1. The lowest BCUT2D eigenvalue weighted by atomic mass is 9.82. The quantitative estimate of drug-likeness (QED) is 0.142. The normalized spacial score (nSPS) is 11.7. The van der Waals surface area contributed by atoms with E-state index >= 15 is 0 Å². The van der Waals surface area contributed by atoms with E-state index in [1.165, 1.54) is 186 Å². The van der Waals surface area contributed by atoms with Crippen LogP contribution in [-0.2, 0) is 0 Å². The Balaban J connectivity index is 0.000000104.